The Balaban J connectivity index is 1.37. The molecule has 28 heavy (non-hydrogen) atoms. The van der Waals surface area contributed by atoms with Gasteiger partial charge in [0.2, 0.25) is 11.8 Å². The molecule has 2 amide bonds. The van der Waals surface area contributed by atoms with Gasteiger partial charge < -0.3 is 15.2 Å². The standard InChI is InChI=1S/C22H22ClN3O2/c1-14-2-5-18(6-3-14)25-22(28)16-10-21(27)26(13-16)9-8-15-12-24-20-7-4-17(23)11-19(15)20/h2-7,11-12,16,24H,8-10,13H2,1H3,(H,25,28). The number of hydrogen-bond donors (Lipinski definition) is 2. The van der Waals surface area contributed by atoms with Crippen LogP contribution in [0.3, 0.4) is 0 Å². The van der Waals surface area contributed by atoms with E-state index in [-0.39, 0.29) is 24.2 Å². The first-order chi connectivity index (χ1) is 13.5. The molecular formula is C22H22ClN3O2. The van der Waals surface area contributed by atoms with Crippen LogP contribution in [-0.2, 0) is 16.0 Å². The van der Waals surface area contributed by atoms with E-state index in [0.717, 1.165) is 34.1 Å². The van der Waals surface area contributed by atoms with Crippen molar-refractivity contribution in [3.8, 4) is 0 Å². The fourth-order valence-corrected chi connectivity index (χ4v) is 3.83. The third kappa shape index (κ3) is 3.90. The van der Waals surface area contributed by atoms with Crippen LogP contribution >= 0.6 is 11.6 Å². The van der Waals surface area contributed by atoms with Gasteiger partial charge in [-0.1, -0.05) is 29.3 Å². The number of benzene rings is 2. The molecule has 0 bridgehead atoms. The van der Waals surface area contributed by atoms with Gasteiger partial charge in [-0.2, -0.15) is 0 Å². The molecule has 1 atom stereocenters. The smallest absolute Gasteiger partial charge is 0.229 e. The number of aryl methyl sites for hydroxylation is 1. The number of likely N-dealkylation sites (tertiary alicyclic amines) is 1. The molecule has 2 aromatic carbocycles. The van der Waals surface area contributed by atoms with Crippen molar-refractivity contribution in [1.82, 2.24) is 9.88 Å². The van der Waals surface area contributed by atoms with Crippen LogP contribution in [0.15, 0.2) is 48.7 Å². The van der Waals surface area contributed by atoms with E-state index in [9.17, 15) is 9.59 Å². The second-order valence-electron chi connectivity index (χ2n) is 7.35. The highest BCUT2D eigenvalue weighted by Gasteiger charge is 2.34. The number of carbonyl (C=O) groups is 2. The number of fused-ring (bicyclic) bond motifs is 1. The lowest BCUT2D eigenvalue weighted by molar-refractivity contribution is -0.128. The number of anilines is 1. The SMILES string of the molecule is Cc1ccc(NC(=O)C2CC(=O)N(CCc3c[nH]c4ccc(Cl)cc34)C2)cc1. The maximum Gasteiger partial charge on any atom is 0.229 e. The van der Waals surface area contributed by atoms with Crippen molar-refractivity contribution in [2.75, 3.05) is 18.4 Å². The van der Waals surface area contributed by atoms with Gasteiger partial charge in [-0.05, 0) is 49.2 Å². The highest BCUT2D eigenvalue weighted by atomic mass is 35.5. The molecule has 144 valence electrons. The molecule has 1 fully saturated rings. The van der Waals surface area contributed by atoms with Crippen molar-refractivity contribution in [3.63, 3.8) is 0 Å². The highest BCUT2D eigenvalue weighted by molar-refractivity contribution is 6.31. The quantitative estimate of drug-likeness (QED) is 0.681. The van der Waals surface area contributed by atoms with Gasteiger partial charge >= 0.3 is 0 Å². The third-order valence-corrected chi connectivity index (χ3v) is 5.52. The minimum Gasteiger partial charge on any atom is -0.361 e. The lowest BCUT2D eigenvalue weighted by atomic mass is 10.1. The molecule has 0 aliphatic carbocycles. The van der Waals surface area contributed by atoms with Crippen molar-refractivity contribution >= 4 is 40.0 Å². The van der Waals surface area contributed by atoms with E-state index in [4.69, 9.17) is 11.6 Å². The number of H-pyrrole nitrogens is 1. The molecule has 4 rings (SSSR count). The average Bonchev–Trinajstić information content (AvgIpc) is 3.25. The van der Waals surface area contributed by atoms with Crippen LogP contribution in [0.2, 0.25) is 5.02 Å². The molecular weight excluding hydrogens is 374 g/mol. The zero-order chi connectivity index (χ0) is 19.7. The van der Waals surface area contributed by atoms with E-state index < -0.39 is 0 Å². The van der Waals surface area contributed by atoms with Crippen molar-refractivity contribution < 1.29 is 9.59 Å². The van der Waals surface area contributed by atoms with Crippen molar-refractivity contribution in [2.24, 2.45) is 5.92 Å². The first-order valence-corrected chi connectivity index (χ1v) is 9.78. The fourth-order valence-electron chi connectivity index (χ4n) is 3.66. The number of hydrogen-bond acceptors (Lipinski definition) is 2. The van der Waals surface area contributed by atoms with Crippen molar-refractivity contribution in [2.45, 2.75) is 19.8 Å². The van der Waals surface area contributed by atoms with E-state index in [1.165, 1.54) is 0 Å². The summed E-state index contributed by atoms with van der Waals surface area (Å²) in [7, 11) is 0. The number of nitrogens with zero attached hydrogens (tertiary/aromatic N) is 1. The van der Waals surface area contributed by atoms with E-state index in [1.54, 1.807) is 4.90 Å². The normalized spacial score (nSPS) is 16.7. The summed E-state index contributed by atoms with van der Waals surface area (Å²) in [6.07, 6.45) is 2.94. The Morgan fingerprint density at radius 2 is 2.04 bits per heavy atom. The van der Waals surface area contributed by atoms with Gasteiger partial charge in [0.15, 0.2) is 0 Å². The number of halogens is 1. The van der Waals surface area contributed by atoms with Gasteiger partial charge in [0.1, 0.15) is 0 Å². The highest BCUT2D eigenvalue weighted by Crippen LogP contribution is 2.25. The Kier molecular flexibility index (Phi) is 5.09. The molecule has 1 aromatic heterocycles. The molecule has 1 saturated heterocycles. The van der Waals surface area contributed by atoms with Crippen LogP contribution in [0.25, 0.3) is 10.9 Å². The first-order valence-electron chi connectivity index (χ1n) is 9.40. The van der Waals surface area contributed by atoms with E-state index in [0.29, 0.717) is 18.1 Å². The lowest BCUT2D eigenvalue weighted by Crippen LogP contribution is -2.30. The predicted octanol–water partition coefficient (Wildman–Crippen LogP) is 4.16. The Morgan fingerprint density at radius 3 is 2.82 bits per heavy atom. The number of carbonyl (C=O) groups excluding carboxylic acids is 2. The monoisotopic (exact) mass is 395 g/mol. The summed E-state index contributed by atoms with van der Waals surface area (Å²) in [6.45, 7) is 3.05. The molecule has 3 aromatic rings. The predicted molar refractivity (Wildman–Crippen MR) is 112 cm³/mol. The molecule has 1 unspecified atom stereocenters. The van der Waals surface area contributed by atoms with Crippen molar-refractivity contribution in [1.29, 1.82) is 0 Å². The third-order valence-electron chi connectivity index (χ3n) is 5.28. The summed E-state index contributed by atoms with van der Waals surface area (Å²) in [5.41, 5.74) is 4.05. The zero-order valence-corrected chi connectivity index (χ0v) is 16.4. The van der Waals surface area contributed by atoms with E-state index >= 15 is 0 Å². The van der Waals surface area contributed by atoms with Gasteiger partial charge in [-0.15, -0.1) is 0 Å². The van der Waals surface area contributed by atoms with Crippen LogP contribution in [0, 0.1) is 12.8 Å². The van der Waals surface area contributed by atoms with Gasteiger partial charge in [-0.3, -0.25) is 9.59 Å². The van der Waals surface area contributed by atoms with E-state index in [2.05, 4.69) is 10.3 Å². The largest absolute Gasteiger partial charge is 0.361 e. The van der Waals surface area contributed by atoms with E-state index in [1.807, 2.05) is 55.6 Å². The van der Waals surface area contributed by atoms with Gasteiger partial charge in [-0.25, -0.2) is 0 Å². The average molecular weight is 396 g/mol. The molecule has 1 aliphatic rings. The summed E-state index contributed by atoms with van der Waals surface area (Å²) < 4.78 is 0. The van der Waals surface area contributed by atoms with Crippen LogP contribution in [-0.4, -0.2) is 34.8 Å². The Bertz CT molecular complexity index is 1030. The Hall–Kier alpha value is -2.79. The van der Waals surface area contributed by atoms with Gasteiger partial charge in [0.05, 0.1) is 5.92 Å². The van der Waals surface area contributed by atoms with Gasteiger partial charge in [0, 0.05) is 47.3 Å². The van der Waals surface area contributed by atoms with Gasteiger partial charge in [0.25, 0.3) is 0 Å². The second-order valence-corrected chi connectivity index (χ2v) is 7.79. The second kappa shape index (κ2) is 7.68. The molecule has 2 heterocycles. The number of aromatic nitrogens is 1. The van der Waals surface area contributed by atoms with Crippen LogP contribution < -0.4 is 5.32 Å². The first kappa shape index (κ1) is 18.6. The molecule has 0 saturated carbocycles. The minimum absolute atomic E-state index is 0.0296. The Morgan fingerprint density at radius 1 is 1.25 bits per heavy atom. The summed E-state index contributed by atoms with van der Waals surface area (Å²) in [6, 6.07) is 13.4. The van der Waals surface area contributed by atoms with Crippen LogP contribution in [0.4, 0.5) is 5.69 Å². The molecule has 1 aliphatic heterocycles. The zero-order valence-electron chi connectivity index (χ0n) is 15.7. The number of nitrogens with one attached hydrogen (secondary N) is 2. The fraction of sp³-hybridized carbons (Fsp3) is 0.273. The number of rotatable bonds is 5. The topological polar surface area (TPSA) is 65.2 Å². The summed E-state index contributed by atoms with van der Waals surface area (Å²) in [4.78, 5) is 29.9. The molecule has 6 heteroatoms. The summed E-state index contributed by atoms with van der Waals surface area (Å²) in [5, 5.41) is 4.68. The molecule has 5 nitrogen and oxygen atoms in total. The molecule has 2 N–H and O–H groups in total. The number of amides is 2. The van der Waals surface area contributed by atoms with Crippen molar-refractivity contribution in [3.05, 3.63) is 64.8 Å². The molecule has 0 spiro atoms. The summed E-state index contributed by atoms with van der Waals surface area (Å²) >= 11 is 6.10. The lowest BCUT2D eigenvalue weighted by Gasteiger charge is -2.16. The maximum absolute atomic E-state index is 12.5. The molecule has 0 radical (unpaired) electrons. The minimum atomic E-state index is -0.314. The maximum atomic E-state index is 12.5. The van der Waals surface area contributed by atoms with Crippen LogP contribution in [0.5, 0.6) is 0 Å². The number of aromatic amines is 1. The Labute approximate surface area is 168 Å². The summed E-state index contributed by atoms with van der Waals surface area (Å²) in [5.74, 6) is -0.383. The van der Waals surface area contributed by atoms with Crippen LogP contribution in [0.1, 0.15) is 17.5 Å².